The van der Waals surface area contributed by atoms with Gasteiger partial charge in [0.2, 0.25) is 0 Å². The summed E-state index contributed by atoms with van der Waals surface area (Å²) in [5, 5.41) is 6.93. The summed E-state index contributed by atoms with van der Waals surface area (Å²) >= 11 is 0. The van der Waals surface area contributed by atoms with E-state index in [2.05, 4.69) is 10.6 Å². The molecule has 1 aromatic heterocycles. The van der Waals surface area contributed by atoms with Crippen LogP contribution in [-0.2, 0) is 11.3 Å². The van der Waals surface area contributed by atoms with Gasteiger partial charge in [-0.05, 0) is 44.5 Å². The molecule has 1 unspecified atom stereocenters. The molecule has 96 valence electrons. The molecule has 1 aliphatic rings. The van der Waals surface area contributed by atoms with Crippen molar-refractivity contribution in [1.82, 2.24) is 10.6 Å². The molecule has 1 aromatic rings. The van der Waals surface area contributed by atoms with Crippen LogP contribution in [0.5, 0.6) is 0 Å². The van der Waals surface area contributed by atoms with Crippen LogP contribution >= 0.6 is 0 Å². The molecule has 1 atom stereocenters. The first-order chi connectivity index (χ1) is 8.45. The fourth-order valence-corrected chi connectivity index (χ4v) is 2.07. The Bertz CT molecular complexity index is 282. The van der Waals surface area contributed by atoms with Gasteiger partial charge in [0.05, 0.1) is 6.26 Å². The summed E-state index contributed by atoms with van der Waals surface area (Å²) in [6.45, 7) is 4.65. The Morgan fingerprint density at radius 2 is 2.53 bits per heavy atom. The predicted molar refractivity (Wildman–Crippen MR) is 66.9 cm³/mol. The van der Waals surface area contributed by atoms with Gasteiger partial charge in [0.1, 0.15) is 12.4 Å². The third-order valence-corrected chi connectivity index (χ3v) is 3.02. The second kappa shape index (κ2) is 7.48. The van der Waals surface area contributed by atoms with Gasteiger partial charge in [0, 0.05) is 19.2 Å². The highest BCUT2D eigenvalue weighted by Crippen LogP contribution is 2.03. The number of hydrogen-bond donors (Lipinski definition) is 2. The second-order valence-electron chi connectivity index (χ2n) is 4.48. The summed E-state index contributed by atoms with van der Waals surface area (Å²) in [6, 6.07) is 4.50. The maximum atomic E-state index is 5.50. The summed E-state index contributed by atoms with van der Waals surface area (Å²) in [7, 11) is 0. The fourth-order valence-electron chi connectivity index (χ4n) is 2.07. The Labute approximate surface area is 103 Å². The third kappa shape index (κ3) is 4.89. The van der Waals surface area contributed by atoms with E-state index in [1.54, 1.807) is 6.26 Å². The highest BCUT2D eigenvalue weighted by molar-refractivity contribution is 4.95. The molecule has 1 saturated heterocycles. The molecule has 0 amide bonds. The van der Waals surface area contributed by atoms with E-state index in [-0.39, 0.29) is 0 Å². The average molecular weight is 238 g/mol. The Morgan fingerprint density at radius 1 is 1.53 bits per heavy atom. The number of ether oxygens (including phenoxy) is 1. The van der Waals surface area contributed by atoms with Gasteiger partial charge in [-0.25, -0.2) is 0 Å². The molecule has 1 aliphatic heterocycles. The summed E-state index contributed by atoms with van der Waals surface area (Å²) < 4.78 is 10.7. The summed E-state index contributed by atoms with van der Waals surface area (Å²) in [5.74, 6) is 0.896. The minimum Gasteiger partial charge on any atom is -0.467 e. The first-order valence-corrected chi connectivity index (χ1v) is 6.49. The lowest BCUT2D eigenvalue weighted by Crippen LogP contribution is -2.34. The molecule has 0 spiro atoms. The number of rotatable bonds is 8. The molecule has 4 nitrogen and oxygen atoms in total. The molecule has 4 heteroatoms. The number of hydrogen-bond acceptors (Lipinski definition) is 4. The molecule has 2 heterocycles. The van der Waals surface area contributed by atoms with Crippen molar-refractivity contribution in [1.29, 1.82) is 0 Å². The topological polar surface area (TPSA) is 46.4 Å². The van der Waals surface area contributed by atoms with E-state index >= 15 is 0 Å². The predicted octanol–water partition coefficient (Wildman–Crippen LogP) is 1.53. The third-order valence-electron chi connectivity index (χ3n) is 3.02. The first-order valence-electron chi connectivity index (χ1n) is 6.49. The molecular weight excluding hydrogens is 216 g/mol. The molecular formula is C13H22N2O2. The maximum Gasteiger partial charge on any atom is 0.129 e. The largest absolute Gasteiger partial charge is 0.467 e. The molecule has 0 aliphatic carbocycles. The highest BCUT2D eigenvalue weighted by Gasteiger charge is 2.12. The van der Waals surface area contributed by atoms with Gasteiger partial charge in [-0.1, -0.05) is 0 Å². The Kier molecular flexibility index (Phi) is 5.55. The van der Waals surface area contributed by atoms with E-state index in [1.807, 2.05) is 12.1 Å². The minimum absolute atomic E-state index is 0.581. The Balaban J connectivity index is 1.39. The number of nitrogens with one attached hydrogen (secondary N) is 2. The summed E-state index contributed by atoms with van der Waals surface area (Å²) in [5.41, 5.74) is 0. The van der Waals surface area contributed by atoms with E-state index in [0.717, 1.165) is 31.9 Å². The molecule has 0 bridgehead atoms. The van der Waals surface area contributed by atoms with Crippen molar-refractivity contribution in [2.45, 2.75) is 31.9 Å². The van der Waals surface area contributed by atoms with Gasteiger partial charge in [-0.3, -0.25) is 0 Å². The lowest BCUT2D eigenvalue weighted by atomic mass is 10.2. The van der Waals surface area contributed by atoms with Gasteiger partial charge in [-0.2, -0.15) is 0 Å². The molecule has 0 saturated carbocycles. The van der Waals surface area contributed by atoms with Crippen LogP contribution in [0.25, 0.3) is 0 Å². The standard InChI is InChI=1S/C13H22N2O2/c1-4-12(15-7-1)10-14-6-3-8-16-11-13-5-2-9-17-13/h2,5,9,12,14-15H,1,3-4,6-8,10-11H2. The average Bonchev–Trinajstić information content (AvgIpc) is 3.00. The van der Waals surface area contributed by atoms with Gasteiger partial charge >= 0.3 is 0 Å². The molecule has 2 rings (SSSR count). The van der Waals surface area contributed by atoms with Crippen molar-refractivity contribution in [2.75, 3.05) is 26.2 Å². The van der Waals surface area contributed by atoms with Crippen LogP contribution in [0.3, 0.4) is 0 Å². The SMILES string of the molecule is c1coc(COCCCNCC2CCCN2)c1. The van der Waals surface area contributed by atoms with Gasteiger partial charge < -0.3 is 19.8 Å². The van der Waals surface area contributed by atoms with Crippen LogP contribution in [-0.4, -0.2) is 32.3 Å². The molecule has 2 N–H and O–H groups in total. The quantitative estimate of drug-likeness (QED) is 0.674. The van der Waals surface area contributed by atoms with Crippen LogP contribution in [0.4, 0.5) is 0 Å². The van der Waals surface area contributed by atoms with Crippen LogP contribution in [0.15, 0.2) is 22.8 Å². The van der Waals surface area contributed by atoms with Crippen molar-refractivity contribution in [2.24, 2.45) is 0 Å². The zero-order valence-electron chi connectivity index (χ0n) is 10.3. The monoisotopic (exact) mass is 238 g/mol. The molecule has 17 heavy (non-hydrogen) atoms. The van der Waals surface area contributed by atoms with E-state index < -0.39 is 0 Å². The number of furan rings is 1. The maximum absolute atomic E-state index is 5.50. The normalized spacial score (nSPS) is 19.9. The van der Waals surface area contributed by atoms with E-state index in [0.29, 0.717) is 12.6 Å². The van der Waals surface area contributed by atoms with Crippen LogP contribution in [0, 0.1) is 0 Å². The van der Waals surface area contributed by atoms with Crippen molar-refractivity contribution in [3.8, 4) is 0 Å². The summed E-state index contributed by atoms with van der Waals surface area (Å²) in [6.07, 6.45) is 5.35. The van der Waals surface area contributed by atoms with Gasteiger partial charge in [0.15, 0.2) is 0 Å². The van der Waals surface area contributed by atoms with Crippen LogP contribution < -0.4 is 10.6 Å². The lowest BCUT2D eigenvalue weighted by molar-refractivity contribution is 0.104. The van der Waals surface area contributed by atoms with Crippen LogP contribution in [0.1, 0.15) is 25.0 Å². The first kappa shape index (κ1) is 12.6. The Hall–Kier alpha value is -0.840. The highest BCUT2D eigenvalue weighted by atomic mass is 16.5. The zero-order valence-corrected chi connectivity index (χ0v) is 10.3. The van der Waals surface area contributed by atoms with Crippen molar-refractivity contribution in [3.05, 3.63) is 24.2 Å². The van der Waals surface area contributed by atoms with Gasteiger partial charge in [-0.15, -0.1) is 0 Å². The van der Waals surface area contributed by atoms with E-state index in [1.165, 1.54) is 19.4 Å². The molecule has 0 radical (unpaired) electrons. The summed E-state index contributed by atoms with van der Waals surface area (Å²) in [4.78, 5) is 0. The zero-order chi connectivity index (χ0) is 11.8. The molecule has 0 aromatic carbocycles. The van der Waals surface area contributed by atoms with E-state index in [9.17, 15) is 0 Å². The van der Waals surface area contributed by atoms with Crippen molar-refractivity contribution < 1.29 is 9.15 Å². The Morgan fingerprint density at radius 3 is 3.29 bits per heavy atom. The van der Waals surface area contributed by atoms with E-state index in [4.69, 9.17) is 9.15 Å². The second-order valence-corrected chi connectivity index (χ2v) is 4.48. The van der Waals surface area contributed by atoms with Gasteiger partial charge in [0.25, 0.3) is 0 Å². The van der Waals surface area contributed by atoms with Crippen LogP contribution in [0.2, 0.25) is 0 Å². The smallest absolute Gasteiger partial charge is 0.129 e. The van der Waals surface area contributed by atoms with Crippen molar-refractivity contribution >= 4 is 0 Å². The van der Waals surface area contributed by atoms with Crippen molar-refractivity contribution in [3.63, 3.8) is 0 Å². The minimum atomic E-state index is 0.581. The fraction of sp³-hybridized carbons (Fsp3) is 0.692. The molecule has 1 fully saturated rings. The lowest BCUT2D eigenvalue weighted by Gasteiger charge is -2.11.